The molecular formula is C17H18FN3O2S. The maximum atomic E-state index is 13.0. The van der Waals surface area contributed by atoms with Crippen molar-refractivity contribution in [3.8, 4) is 0 Å². The number of carbonyl (C=O) groups is 1. The van der Waals surface area contributed by atoms with Crippen molar-refractivity contribution >= 4 is 23.0 Å². The van der Waals surface area contributed by atoms with E-state index in [-0.39, 0.29) is 11.7 Å². The van der Waals surface area contributed by atoms with Crippen molar-refractivity contribution in [3.05, 3.63) is 51.7 Å². The van der Waals surface area contributed by atoms with Gasteiger partial charge in [0.25, 0.3) is 5.91 Å². The monoisotopic (exact) mass is 347 g/mol. The van der Waals surface area contributed by atoms with E-state index < -0.39 is 5.60 Å². The summed E-state index contributed by atoms with van der Waals surface area (Å²) in [5.41, 5.74) is 1.16. The molecule has 2 aromatic rings. The Morgan fingerprint density at radius 2 is 2.17 bits per heavy atom. The third-order valence-electron chi connectivity index (χ3n) is 3.85. The summed E-state index contributed by atoms with van der Waals surface area (Å²) in [7, 11) is 0. The van der Waals surface area contributed by atoms with Crippen molar-refractivity contribution in [2.24, 2.45) is 5.16 Å². The van der Waals surface area contributed by atoms with Crippen LogP contribution in [0.15, 0.2) is 34.8 Å². The number of rotatable bonds is 5. The Morgan fingerprint density at radius 1 is 1.42 bits per heavy atom. The van der Waals surface area contributed by atoms with Crippen LogP contribution in [0.5, 0.6) is 0 Å². The average Bonchev–Trinajstić information content (AvgIpc) is 3.21. The highest BCUT2D eigenvalue weighted by Gasteiger charge is 2.42. The molecule has 3 rings (SSSR count). The van der Waals surface area contributed by atoms with E-state index in [0.717, 1.165) is 22.7 Å². The standard InChI is InChI=1S/C17H18FN3O2S/c1-3-15-20-13(10-24-15)9-19-16(22)17(2)8-14(21-23-17)11-4-6-12(18)7-5-11/h4-7,10H,3,8-9H2,1-2H3,(H,19,22). The number of benzene rings is 1. The van der Waals surface area contributed by atoms with Crippen LogP contribution >= 0.6 is 11.3 Å². The van der Waals surface area contributed by atoms with Crippen LogP contribution in [-0.4, -0.2) is 22.2 Å². The maximum Gasteiger partial charge on any atom is 0.267 e. The molecule has 1 N–H and O–H groups in total. The second-order valence-electron chi connectivity index (χ2n) is 5.81. The molecule has 2 heterocycles. The molecule has 0 spiro atoms. The zero-order valence-electron chi connectivity index (χ0n) is 13.5. The number of carbonyl (C=O) groups excluding carboxylic acids is 1. The smallest absolute Gasteiger partial charge is 0.267 e. The number of aromatic nitrogens is 1. The van der Waals surface area contributed by atoms with Crippen molar-refractivity contribution < 1.29 is 14.0 Å². The van der Waals surface area contributed by atoms with E-state index in [2.05, 4.69) is 15.5 Å². The molecule has 0 radical (unpaired) electrons. The first kappa shape index (κ1) is 16.6. The summed E-state index contributed by atoms with van der Waals surface area (Å²) >= 11 is 1.58. The lowest BCUT2D eigenvalue weighted by Crippen LogP contribution is -2.44. The number of thiazole rings is 1. The number of halogens is 1. The number of hydrogen-bond donors (Lipinski definition) is 1. The van der Waals surface area contributed by atoms with Gasteiger partial charge in [-0.2, -0.15) is 0 Å². The Kier molecular flexibility index (Phi) is 4.62. The summed E-state index contributed by atoms with van der Waals surface area (Å²) < 4.78 is 13.0. The minimum absolute atomic E-state index is 0.241. The summed E-state index contributed by atoms with van der Waals surface area (Å²) in [4.78, 5) is 22.3. The fraction of sp³-hybridized carbons (Fsp3) is 0.353. The molecule has 1 unspecified atom stereocenters. The van der Waals surface area contributed by atoms with Crippen molar-refractivity contribution in [3.63, 3.8) is 0 Å². The SMILES string of the molecule is CCc1nc(CNC(=O)C2(C)CC(c3ccc(F)cc3)=NO2)cs1. The van der Waals surface area contributed by atoms with Crippen molar-refractivity contribution in [1.82, 2.24) is 10.3 Å². The fourth-order valence-corrected chi connectivity index (χ4v) is 3.15. The van der Waals surface area contributed by atoms with Crippen LogP contribution in [0.4, 0.5) is 4.39 Å². The lowest BCUT2D eigenvalue weighted by Gasteiger charge is -2.20. The predicted octanol–water partition coefficient (Wildman–Crippen LogP) is 3.04. The summed E-state index contributed by atoms with van der Waals surface area (Å²) in [6.07, 6.45) is 1.22. The largest absolute Gasteiger partial charge is 0.379 e. The molecule has 0 fully saturated rings. The van der Waals surface area contributed by atoms with Crippen LogP contribution in [0.25, 0.3) is 0 Å². The first-order chi connectivity index (χ1) is 11.5. The van der Waals surface area contributed by atoms with Gasteiger partial charge in [0, 0.05) is 11.8 Å². The zero-order chi connectivity index (χ0) is 17.2. The number of nitrogens with zero attached hydrogens (tertiary/aromatic N) is 2. The number of nitrogens with one attached hydrogen (secondary N) is 1. The first-order valence-electron chi connectivity index (χ1n) is 7.73. The maximum absolute atomic E-state index is 13.0. The molecule has 126 valence electrons. The average molecular weight is 347 g/mol. The van der Waals surface area contributed by atoms with Gasteiger partial charge in [-0.15, -0.1) is 11.3 Å². The van der Waals surface area contributed by atoms with E-state index >= 15 is 0 Å². The third kappa shape index (κ3) is 3.46. The van der Waals surface area contributed by atoms with Gasteiger partial charge < -0.3 is 10.2 Å². The molecule has 1 amide bonds. The molecule has 5 nitrogen and oxygen atoms in total. The van der Waals surface area contributed by atoms with Crippen LogP contribution in [0.2, 0.25) is 0 Å². The Labute approximate surface area is 143 Å². The fourth-order valence-electron chi connectivity index (χ4n) is 2.41. The van der Waals surface area contributed by atoms with Crippen LogP contribution in [0.1, 0.15) is 36.5 Å². The third-order valence-corrected chi connectivity index (χ3v) is 4.89. The van der Waals surface area contributed by atoms with Crippen LogP contribution < -0.4 is 5.32 Å². The Morgan fingerprint density at radius 3 is 2.83 bits per heavy atom. The van der Waals surface area contributed by atoms with Crippen LogP contribution in [0, 0.1) is 5.82 Å². The van der Waals surface area contributed by atoms with Gasteiger partial charge in [0.05, 0.1) is 23.0 Å². The lowest BCUT2D eigenvalue weighted by molar-refractivity contribution is -0.141. The minimum Gasteiger partial charge on any atom is -0.379 e. The number of aryl methyl sites for hydroxylation is 1. The molecule has 1 aliphatic heterocycles. The highest BCUT2D eigenvalue weighted by Crippen LogP contribution is 2.27. The Bertz CT molecular complexity index is 772. The highest BCUT2D eigenvalue weighted by molar-refractivity contribution is 7.09. The van der Waals surface area contributed by atoms with Gasteiger partial charge in [-0.05, 0) is 31.0 Å². The van der Waals surface area contributed by atoms with Crippen molar-refractivity contribution in [2.45, 2.75) is 38.8 Å². The van der Waals surface area contributed by atoms with Crippen LogP contribution in [-0.2, 0) is 22.6 Å². The molecule has 0 saturated heterocycles. The van der Waals surface area contributed by atoms with Gasteiger partial charge in [-0.3, -0.25) is 4.79 Å². The summed E-state index contributed by atoms with van der Waals surface area (Å²) in [6, 6.07) is 5.98. The Balaban J connectivity index is 1.60. The molecule has 0 aliphatic carbocycles. The highest BCUT2D eigenvalue weighted by atomic mass is 32.1. The Hall–Kier alpha value is -2.28. The lowest BCUT2D eigenvalue weighted by atomic mass is 9.95. The topological polar surface area (TPSA) is 63.6 Å². The van der Waals surface area contributed by atoms with E-state index in [1.54, 1.807) is 30.4 Å². The zero-order valence-corrected chi connectivity index (χ0v) is 14.3. The summed E-state index contributed by atoms with van der Waals surface area (Å²) in [5, 5.41) is 9.84. The molecule has 7 heteroatoms. The van der Waals surface area contributed by atoms with Gasteiger partial charge in [0.2, 0.25) is 5.60 Å². The van der Waals surface area contributed by atoms with E-state index in [1.165, 1.54) is 12.1 Å². The number of hydrogen-bond acceptors (Lipinski definition) is 5. The van der Waals surface area contributed by atoms with Crippen molar-refractivity contribution in [1.29, 1.82) is 0 Å². The van der Waals surface area contributed by atoms with Gasteiger partial charge in [-0.25, -0.2) is 9.37 Å². The number of amides is 1. The molecule has 1 aromatic carbocycles. The van der Waals surface area contributed by atoms with Gasteiger partial charge in [0.15, 0.2) is 0 Å². The van der Waals surface area contributed by atoms with Gasteiger partial charge in [-0.1, -0.05) is 24.2 Å². The second-order valence-corrected chi connectivity index (χ2v) is 6.76. The molecule has 24 heavy (non-hydrogen) atoms. The molecule has 1 aliphatic rings. The normalized spacial score (nSPS) is 19.7. The molecule has 0 saturated carbocycles. The molecular weight excluding hydrogens is 329 g/mol. The first-order valence-corrected chi connectivity index (χ1v) is 8.61. The van der Waals surface area contributed by atoms with Gasteiger partial charge >= 0.3 is 0 Å². The minimum atomic E-state index is -1.06. The quantitative estimate of drug-likeness (QED) is 0.904. The molecule has 1 aromatic heterocycles. The van der Waals surface area contributed by atoms with E-state index in [0.29, 0.717) is 18.7 Å². The summed E-state index contributed by atoms with van der Waals surface area (Å²) in [5.74, 6) is -0.553. The predicted molar refractivity (Wildman–Crippen MR) is 90.4 cm³/mol. The number of oxime groups is 1. The van der Waals surface area contributed by atoms with Gasteiger partial charge in [0.1, 0.15) is 5.82 Å². The van der Waals surface area contributed by atoms with E-state index in [9.17, 15) is 9.18 Å². The molecule has 1 atom stereocenters. The van der Waals surface area contributed by atoms with Crippen LogP contribution in [0.3, 0.4) is 0 Å². The summed E-state index contributed by atoms with van der Waals surface area (Å²) in [6.45, 7) is 4.10. The molecule has 0 bridgehead atoms. The second kappa shape index (κ2) is 6.68. The van der Waals surface area contributed by atoms with Crippen molar-refractivity contribution in [2.75, 3.05) is 0 Å². The van der Waals surface area contributed by atoms with E-state index in [4.69, 9.17) is 4.84 Å². The van der Waals surface area contributed by atoms with E-state index in [1.807, 2.05) is 12.3 Å².